The minimum Gasteiger partial charge on any atom is -0.356 e. The zero-order valence-corrected chi connectivity index (χ0v) is 13.3. The van der Waals surface area contributed by atoms with E-state index in [0.717, 1.165) is 12.1 Å². The summed E-state index contributed by atoms with van der Waals surface area (Å²) in [5, 5.41) is 3.06. The molecular formula is C18H28N2O. The fourth-order valence-electron chi connectivity index (χ4n) is 3.01. The van der Waals surface area contributed by atoms with Gasteiger partial charge in [0, 0.05) is 19.0 Å². The van der Waals surface area contributed by atoms with Crippen molar-refractivity contribution in [3.63, 3.8) is 0 Å². The molecule has 3 N–H and O–H groups in total. The fourth-order valence-corrected chi connectivity index (χ4v) is 3.01. The lowest BCUT2D eigenvalue weighted by Gasteiger charge is -2.34. The highest BCUT2D eigenvalue weighted by Crippen LogP contribution is 2.37. The molecule has 21 heavy (non-hydrogen) atoms. The Balaban J connectivity index is 1.71. The third-order valence-electron chi connectivity index (χ3n) is 4.68. The van der Waals surface area contributed by atoms with Crippen molar-refractivity contribution in [2.24, 2.45) is 17.1 Å². The number of hydrogen-bond acceptors (Lipinski definition) is 2. The largest absolute Gasteiger partial charge is 0.356 e. The Hall–Kier alpha value is -1.35. The molecule has 0 bridgehead atoms. The van der Waals surface area contributed by atoms with Crippen molar-refractivity contribution in [2.75, 3.05) is 6.54 Å². The van der Waals surface area contributed by atoms with Gasteiger partial charge in [-0.3, -0.25) is 4.79 Å². The van der Waals surface area contributed by atoms with E-state index >= 15 is 0 Å². The van der Waals surface area contributed by atoms with Crippen LogP contribution < -0.4 is 11.1 Å². The lowest BCUT2D eigenvalue weighted by atomic mass is 9.73. The monoisotopic (exact) mass is 288 g/mol. The van der Waals surface area contributed by atoms with Crippen LogP contribution in [0.1, 0.15) is 57.6 Å². The van der Waals surface area contributed by atoms with Gasteiger partial charge in [0.05, 0.1) is 0 Å². The molecule has 0 aromatic heterocycles. The van der Waals surface area contributed by atoms with E-state index in [-0.39, 0.29) is 11.9 Å². The van der Waals surface area contributed by atoms with Crippen molar-refractivity contribution in [1.29, 1.82) is 0 Å². The molecule has 0 radical (unpaired) electrons. The number of rotatable bonds is 5. The molecule has 0 aliphatic heterocycles. The Morgan fingerprint density at radius 3 is 2.52 bits per heavy atom. The molecule has 0 heterocycles. The summed E-state index contributed by atoms with van der Waals surface area (Å²) in [7, 11) is 0. The van der Waals surface area contributed by atoms with Gasteiger partial charge in [-0.25, -0.2) is 0 Å². The molecule has 1 aromatic rings. The van der Waals surface area contributed by atoms with E-state index in [1.807, 2.05) is 30.3 Å². The number of hydrogen-bond donors (Lipinski definition) is 2. The van der Waals surface area contributed by atoms with E-state index in [9.17, 15) is 4.79 Å². The van der Waals surface area contributed by atoms with E-state index in [0.29, 0.717) is 17.8 Å². The quantitative estimate of drug-likeness (QED) is 0.872. The van der Waals surface area contributed by atoms with Crippen LogP contribution in [-0.4, -0.2) is 12.5 Å². The first-order valence-electron chi connectivity index (χ1n) is 8.03. The van der Waals surface area contributed by atoms with E-state index < -0.39 is 0 Å². The maximum atomic E-state index is 12.0. The second-order valence-electron chi connectivity index (χ2n) is 7.13. The van der Waals surface area contributed by atoms with Crippen LogP contribution in [0.5, 0.6) is 0 Å². The van der Waals surface area contributed by atoms with Crippen molar-refractivity contribution >= 4 is 5.91 Å². The Morgan fingerprint density at radius 1 is 1.29 bits per heavy atom. The molecule has 0 spiro atoms. The third-order valence-corrected chi connectivity index (χ3v) is 4.68. The fraction of sp³-hybridized carbons (Fsp3) is 0.611. The van der Waals surface area contributed by atoms with Gasteiger partial charge in [-0.05, 0) is 42.6 Å². The predicted octanol–water partition coefficient (Wildman–Crippen LogP) is 3.41. The zero-order chi connectivity index (χ0) is 15.3. The molecule has 3 nitrogen and oxygen atoms in total. The van der Waals surface area contributed by atoms with Gasteiger partial charge in [-0.1, -0.05) is 44.2 Å². The van der Waals surface area contributed by atoms with Gasteiger partial charge in [0.1, 0.15) is 0 Å². The normalized spacial score (nSPS) is 20.0. The highest BCUT2D eigenvalue weighted by Gasteiger charge is 2.26. The van der Waals surface area contributed by atoms with Crippen LogP contribution >= 0.6 is 0 Å². The van der Waals surface area contributed by atoms with Crippen LogP contribution in [-0.2, 0) is 4.79 Å². The maximum Gasteiger partial charge on any atom is 0.221 e. The molecule has 1 saturated carbocycles. The summed E-state index contributed by atoms with van der Waals surface area (Å²) in [6.07, 6.45) is 5.33. The smallest absolute Gasteiger partial charge is 0.221 e. The highest BCUT2D eigenvalue weighted by molar-refractivity contribution is 5.76. The lowest BCUT2D eigenvalue weighted by molar-refractivity contribution is -0.121. The topological polar surface area (TPSA) is 55.1 Å². The molecule has 1 atom stereocenters. The Bertz CT molecular complexity index is 446. The number of nitrogens with one attached hydrogen (secondary N) is 1. The van der Waals surface area contributed by atoms with Gasteiger partial charge in [0.2, 0.25) is 5.91 Å². The number of amides is 1. The summed E-state index contributed by atoms with van der Waals surface area (Å²) >= 11 is 0. The summed E-state index contributed by atoms with van der Waals surface area (Å²) in [4.78, 5) is 12.0. The zero-order valence-electron chi connectivity index (χ0n) is 13.3. The standard InChI is InChI=1S/C18H28N2O/c1-18(2)10-8-14(9-11-18)13-20-17(21)12-16(19)15-6-4-3-5-7-15/h3-7,14,16H,8-13,19H2,1-2H3,(H,20,21). The molecule has 1 amide bonds. The number of benzene rings is 1. The van der Waals surface area contributed by atoms with Crippen LogP contribution in [0.4, 0.5) is 0 Å². The lowest BCUT2D eigenvalue weighted by Crippen LogP contribution is -2.34. The third kappa shape index (κ3) is 5.16. The highest BCUT2D eigenvalue weighted by atomic mass is 16.1. The van der Waals surface area contributed by atoms with Crippen LogP contribution in [0.3, 0.4) is 0 Å². The molecule has 2 rings (SSSR count). The van der Waals surface area contributed by atoms with Crippen LogP contribution in [0.25, 0.3) is 0 Å². The average Bonchev–Trinajstić information content (AvgIpc) is 2.47. The molecule has 1 aromatic carbocycles. The first-order chi connectivity index (χ1) is 9.96. The Labute approximate surface area is 128 Å². The summed E-state index contributed by atoms with van der Waals surface area (Å²) in [5.41, 5.74) is 7.58. The van der Waals surface area contributed by atoms with Gasteiger partial charge in [-0.2, -0.15) is 0 Å². The molecule has 116 valence electrons. The first kappa shape index (κ1) is 16.0. The molecule has 0 saturated heterocycles. The summed E-state index contributed by atoms with van der Waals surface area (Å²) in [6.45, 7) is 5.47. The minimum absolute atomic E-state index is 0.0659. The van der Waals surface area contributed by atoms with Crippen molar-refractivity contribution in [2.45, 2.75) is 52.0 Å². The number of carbonyl (C=O) groups is 1. The minimum atomic E-state index is -0.212. The second-order valence-corrected chi connectivity index (χ2v) is 7.13. The van der Waals surface area contributed by atoms with Gasteiger partial charge in [0.15, 0.2) is 0 Å². The van der Waals surface area contributed by atoms with Crippen LogP contribution in [0, 0.1) is 11.3 Å². The summed E-state index contributed by atoms with van der Waals surface area (Å²) in [5.74, 6) is 0.700. The van der Waals surface area contributed by atoms with Crippen LogP contribution in [0.15, 0.2) is 30.3 Å². The van der Waals surface area contributed by atoms with Crippen molar-refractivity contribution < 1.29 is 4.79 Å². The van der Waals surface area contributed by atoms with Gasteiger partial charge < -0.3 is 11.1 Å². The van der Waals surface area contributed by atoms with E-state index in [1.165, 1.54) is 25.7 Å². The predicted molar refractivity (Wildman–Crippen MR) is 86.7 cm³/mol. The van der Waals surface area contributed by atoms with Crippen molar-refractivity contribution in [3.8, 4) is 0 Å². The molecule has 1 aliphatic rings. The molecule has 1 unspecified atom stereocenters. The van der Waals surface area contributed by atoms with Crippen molar-refractivity contribution in [1.82, 2.24) is 5.32 Å². The van der Waals surface area contributed by atoms with E-state index in [4.69, 9.17) is 5.73 Å². The van der Waals surface area contributed by atoms with Gasteiger partial charge in [-0.15, -0.1) is 0 Å². The molecule has 1 fully saturated rings. The van der Waals surface area contributed by atoms with Crippen molar-refractivity contribution in [3.05, 3.63) is 35.9 Å². The molecular weight excluding hydrogens is 260 g/mol. The van der Waals surface area contributed by atoms with E-state index in [2.05, 4.69) is 19.2 Å². The van der Waals surface area contributed by atoms with E-state index in [1.54, 1.807) is 0 Å². The molecule has 3 heteroatoms. The second kappa shape index (κ2) is 7.08. The first-order valence-corrected chi connectivity index (χ1v) is 8.03. The SMILES string of the molecule is CC1(C)CCC(CNC(=O)CC(N)c2ccccc2)CC1. The number of nitrogens with two attached hydrogens (primary N) is 1. The molecule has 1 aliphatic carbocycles. The van der Waals surface area contributed by atoms with Gasteiger partial charge in [0.25, 0.3) is 0 Å². The summed E-state index contributed by atoms with van der Waals surface area (Å²) in [6, 6.07) is 9.60. The average molecular weight is 288 g/mol. The number of carbonyl (C=O) groups excluding carboxylic acids is 1. The summed E-state index contributed by atoms with van der Waals surface area (Å²) < 4.78 is 0. The Kier molecular flexibility index (Phi) is 5.40. The Morgan fingerprint density at radius 2 is 1.90 bits per heavy atom. The van der Waals surface area contributed by atoms with Crippen LogP contribution in [0.2, 0.25) is 0 Å². The maximum absolute atomic E-state index is 12.0. The van der Waals surface area contributed by atoms with Gasteiger partial charge >= 0.3 is 0 Å².